The van der Waals surface area contributed by atoms with E-state index in [2.05, 4.69) is 10.4 Å². The summed E-state index contributed by atoms with van der Waals surface area (Å²) < 4.78 is 53.9. The lowest BCUT2D eigenvalue weighted by Gasteiger charge is -2.33. The molecule has 0 fully saturated rings. The highest BCUT2D eigenvalue weighted by molar-refractivity contribution is 6.36. The summed E-state index contributed by atoms with van der Waals surface area (Å²) in [4.78, 5) is 15.0. The molecular weight excluding hydrogens is 497 g/mol. The fourth-order valence-corrected chi connectivity index (χ4v) is 5.15. The van der Waals surface area contributed by atoms with E-state index in [0.717, 1.165) is 28.8 Å². The SMILES string of the molecule is COc1ccc([C@H]2C[C@H](C(F)(F)F)n3nc(C(=O)N4CCCc5ccccc54)c(Cl)c3N2)cc1OC. The van der Waals surface area contributed by atoms with E-state index in [9.17, 15) is 18.0 Å². The van der Waals surface area contributed by atoms with Gasteiger partial charge in [0.25, 0.3) is 5.91 Å². The number of amides is 1. The number of anilines is 2. The summed E-state index contributed by atoms with van der Waals surface area (Å²) in [6.07, 6.45) is -3.40. The van der Waals surface area contributed by atoms with Gasteiger partial charge in [0, 0.05) is 18.7 Å². The van der Waals surface area contributed by atoms with E-state index in [0.29, 0.717) is 23.6 Å². The zero-order valence-electron chi connectivity index (χ0n) is 19.6. The molecule has 0 spiro atoms. The topological polar surface area (TPSA) is 68.6 Å². The maximum atomic E-state index is 14.2. The Morgan fingerprint density at radius 2 is 1.89 bits per heavy atom. The number of rotatable bonds is 4. The molecule has 1 aromatic heterocycles. The second kappa shape index (κ2) is 9.24. The lowest BCUT2D eigenvalue weighted by atomic mass is 9.96. The van der Waals surface area contributed by atoms with Crippen LogP contribution in [0.2, 0.25) is 5.02 Å². The minimum Gasteiger partial charge on any atom is -0.493 e. The number of para-hydroxylation sites is 1. The number of carbonyl (C=O) groups excluding carboxylic acids is 1. The standard InChI is InChI=1S/C25H24ClF3N4O3/c1-35-18-10-9-15(12-19(18)36-2)16-13-20(25(27,28)29)33-23(30-16)21(26)22(31-33)24(34)32-11-5-7-14-6-3-4-8-17(14)32/h3-4,6,8-10,12,16,20,30H,5,7,11,13H2,1-2H3/t16-,20-/m1/s1. The Bertz CT molecular complexity index is 1310. The predicted octanol–water partition coefficient (Wildman–Crippen LogP) is 5.81. The van der Waals surface area contributed by atoms with Crippen molar-refractivity contribution < 1.29 is 27.4 Å². The van der Waals surface area contributed by atoms with Gasteiger partial charge in [0.2, 0.25) is 0 Å². The summed E-state index contributed by atoms with van der Waals surface area (Å²) >= 11 is 6.55. The number of nitrogens with zero attached hydrogens (tertiary/aromatic N) is 3. The van der Waals surface area contributed by atoms with Crippen molar-refractivity contribution in [2.75, 3.05) is 31.0 Å². The van der Waals surface area contributed by atoms with E-state index in [-0.39, 0.29) is 23.0 Å². The molecule has 7 nitrogen and oxygen atoms in total. The van der Waals surface area contributed by atoms with Gasteiger partial charge < -0.3 is 19.7 Å². The van der Waals surface area contributed by atoms with Crippen LogP contribution in [0.3, 0.4) is 0 Å². The van der Waals surface area contributed by atoms with Crippen molar-refractivity contribution in [3.05, 3.63) is 64.3 Å². The molecule has 0 saturated heterocycles. The van der Waals surface area contributed by atoms with Crippen molar-refractivity contribution >= 4 is 29.0 Å². The molecule has 1 amide bonds. The van der Waals surface area contributed by atoms with Crippen molar-refractivity contribution in [2.45, 2.75) is 37.5 Å². The van der Waals surface area contributed by atoms with E-state index in [4.69, 9.17) is 21.1 Å². The molecule has 2 atom stereocenters. The van der Waals surface area contributed by atoms with Gasteiger partial charge in [0.1, 0.15) is 10.8 Å². The quantitative estimate of drug-likeness (QED) is 0.470. The highest BCUT2D eigenvalue weighted by Gasteiger charge is 2.48. The lowest BCUT2D eigenvalue weighted by Crippen LogP contribution is -2.37. The highest BCUT2D eigenvalue weighted by Crippen LogP contribution is 2.47. The number of alkyl halides is 3. The third-order valence-corrected chi connectivity index (χ3v) is 7.02. The molecule has 0 aliphatic carbocycles. The first-order valence-corrected chi connectivity index (χ1v) is 11.8. The molecule has 3 aromatic rings. The number of aryl methyl sites for hydroxylation is 1. The van der Waals surface area contributed by atoms with Gasteiger partial charge in [-0.05, 0) is 42.2 Å². The van der Waals surface area contributed by atoms with Gasteiger partial charge in [0.15, 0.2) is 23.2 Å². The van der Waals surface area contributed by atoms with Crippen molar-refractivity contribution in [2.24, 2.45) is 0 Å². The number of aromatic nitrogens is 2. The normalized spacial score (nSPS) is 19.2. The van der Waals surface area contributed by atoms with Crippen LogP contribution in [-0.4, -0.2) is 42.6 Å². The van der Waals surface area contributed by atoms with Gasteiger partial charge in [-0.3, -0.25) is 4.79 Å². The van der Waals surface area contributed by atoms with Gasteiger partial charge in [-0.1, -0.05) is 35.9 Å². The molecule has 0 radical (unpaired) electrons. The van der Waals surface area contributed by atoms with Gasteiger partial charge in [0.05, 0.1) is 20.3 Å². The zero-order valence-corrected chi connectivity index (χ0v) is 20.4. The van der Waals surface area contributed by atoms with E-state index in [1.54, 1.807) is 18.2 Å². The number of hydrogen-bond donors (Lipinski definition) is 1. The summed E-state index contributed by atoms with van der Waals surface area (Å²) in [6.45, 7) is 0.429. The fourth-order valence-electron chi connectivity index (χ4n) is 4.89. The summed E-state index contributed by atoms with van der Waals surface area (Å²) in [7, 11) is 2.94. The number of fused-ring (bicyclic) bond motifs is 2. The van der Waals surface area contributed by atoms with Crippen LogP contribution in [0.1, 0.15) is 46.5 Å². The smallest absolute Gasteiger partial charge is 0.410 e. The number of benzene rings is 2. The van der Waals surface area contributed by atoms with Crippen molar-refractivity contribution in [1.82, 2.24) is 9.78 Å². The molecule has 0 unspecified atom stereocenters. The molecule has 36 heavy (non-hydrogen) atoms. The average Bonchev–Trinajstić information content (AvgIpc) is 3.22. The number of ether oxygens (including phenoxy) is 2. The zero-order chi connectivity index (χ0) is 25.6. The molecule has 2 aromatic carbocycles. The first-order chi connectivity index (χ1) is 17.2. The van der Waals surface area contributed by atoms with E-state index < -0.39 is 24.2 Å². The summed E-state index contributed by atoms with van der Waals surface area (Å²) in [5, 5.41) is 7.04. The minimum atomic E-state index is -4.61. The molecule has 5 rings (SSSR count). The van der Waals surface area contributed by atoms with Crippen molar-refractivity contribution in [3.63, 3.8) is 0 Å². The number of carbonyl (C=O) groups is 1. The molecule has 3 heterocycles. The maximum Gasteiger partial charge on any atom is 0.410 e. The number of nitrogens with one attached hydrogen (secondary N) is 1. The maximum absolute atomic E-state index is 14.2. The third kappa shape index (κ3) is 4.13. The van der Waals surface area contributed by atoms with Crippen LogP contribution in [0.25, 0.3) is 0 Å². The number of hydrogen-bond acceptors (Lipinski definition) is 5. The van der Waals surface area contributed by atoms with Crippen LogP contribution in [0.5, 0.6) is 11.5 Å². The lowest BCUT2D eigenvalue weighted by molar-refractivity contribution is -0.173. The molecule has 1 N–H and O–H groups in total. The Hall–Kier alpha value is -3.40. The predicted molar refractivity (Wildman–Crippen MR) is 129 cm³/mol. The molecule has 190 valence electrons. The summed E-state index contributed by atoms with van der Waals surface area (Å²) in [5.74, 6) is 0.283. The van der Waals surface area contributed by atoms with Crippen LogP contribution in [-0.2, 0) is 6.42 Å². The number of halogens is 4. The van der Waals surface area contributed by atoms with Gasteiger partial charge >= 0.3 is 6.18 Å². The first kappa shape index (κ1) is 24.3. The van der Waals surface area contributed by atoms with Crippen LogP contribution in [0.4, 0.5) is 24.7 Å². The Balaban J connectivity index is 1.54. The highest BCUT2D eigenvalue weighted by atomic mass is 35.5. The van der Waals surface area contributed by atoms with Gasteiger partial charge in [-0.2, -0.15) is 18.3 Å². The van der Waals surface area contributed by atoms with E-state index in [1.807, 2.05) is 24.3 Å². The molecule has 0 bridgehead atoms. The molecule has 0 saturated carbocycles. The van der Waals surface area contributed by atoms with E-state index >= 15 is 0 Å². The van der Waals surface area contributed by atoms with Crippen LogP contribution >= 0.6 is 11.6 Å². The average molecular weight is 521 g/mol. The Kier molecular flexibility index (Phi) is 6.23. The largest absolute Gasteiger partial charge is 0.493 e. The Morgan fingerprint density at radius 3 is 2.61 bits per heavy atom. The Morgan fingerprint density at radius 1 is 1.14 bits per heavy atom. The van der Waals surface area contributed by atoms with Gasteiger partial charge in [-0.15, -0.1) is 0 Å². The summed E-state index contributed by atoms with van der Waals surface area (Å²) in [6, 6.07) is 9.67. The molecular formula is C25H24ClF3N4O3. The minimum absolute atomic E-state index is 0.0429. The van der Waals surface area contributed by atoms with Gasteiger partial charge in [-0.25, -0.2) is 4.68 Å². The summed E-state index contributed by atoms with van der Waals surface area (Å²) in [5.41, 5.74) is 2.07. The first-order valence-electron chi connectivity index (χ1n) is 11.5. The van der Waals surface area contributed by atoms with Crippen LogP contribution in [0.15, 0.2) is 42.5 Å². The van der Waals surface area contributed by atoms with Crippen molar-refractivity contribution in [3.8, 4) is 11.5 Å². The van der Waals surface area contributed by atoms with Crippen LogP contribution in [0, 0.1) is 0 Å². The number of methoxy groups -OCH3 is 2. The fraction of sp³-hybridized carbons (Fsp3) is 0.360. The second-order valence-corrected chi connectivity index (χ2v) is 9.13. The Labute approximate surface area is 210 Å². The monoisotopic (exact) mass is 520 g/mol. The molecule has 2 aliphatic heterocycles. The molecule has 2 aliphatic rings. The molecule has 11 heteroatoms. The van der Waals surface area contributed by atoms with Crippen LogP contribution < -0.4 is 19.7 Å². The second-order valence-electron chi connectivity index (χ2n) is 8.75. The third-order valence-electron chi connectivity index (χ3n) is 6.66. The van der Waals surface area contributed by atoms with E-state index in [1.165, 1.54) is 19.1 Å². The van der Waals surface area contributed by atoms with Crippen molar-refractivity contribution in [1.29, 1.82) is 0 Å².